The lowest BCUT2D eigenvalue weighted by molar-refractivity contribution is 0.669. The molecule has 2 unspecified atom stereocenters. The normalized spacial score (nSPS) is 15.3. The van der Waals surface area contributed by atoms with Crippen LogP contribution in [0.3, 0.4) is 0 Å². The molecule has 0 N–H and O–H groups in total. The summed E-state index contributed by atoms with van der Waals surface area (Å²) in [5, 5.41) is 4.94. The predicted octanol–water partition coefficient (Wildman–Crippen LogP) is 14.4. The van der Waals surface area contributed by atoms with Gasteiger partial charge in [-0.2, -0.15) is 0 Å². The van der Waals surface area contributed by atoms with Gasteiger partial charge in [0.25, 0.3) is 0 Å². The third kappa shape index (κ3) is 4.60. The summed E-state index contributed by atoms with van der Waals surface area (Å²) in [6.45, 7) is 0. The van der Waals surface area contributed by atoms with Gasteiger partial charge in [0.15, 0.2) is 0 Å². The number of benzene rings is 9. The van der Waals surface area contributed by atoms with Gasteiger partial charge in [-0.15, -0.1) is 0 Å². The van der Waals surface area contributed by atoms with Crippen molar-refractivity contribution in [2.45, 2.75) is 11.8 Å². The first-order valence-electron chi connectivity index (χ1n) is 19.2. The van der Waals surface area contributed by atoms with Gasteiger partial charge in [0.05, 0.1) is 0 Å². The highest BCUT2D eigenvalue weighted by atomic mass is 16.3. The maximum atomic E-state index is 6.48. The average Bonchev–Trinajstić information content (AvgIpc) is 3.89. The molecule has 9 aromatic carbocycles. The van der Waals surface area contributed by atoms with Crippen LogP contribution in [-0.2, 0) is 0 Å². The van der Waals surface area contributed by atoms with Gasteiger partial charge in [-0.25, -0.2) is 0 Å². The van der Waals surface area contributed by atoms with Crippen LogP contribution < -0.4 is 0 Å². The molecule has 1 nitrogen and oxygen atoms in total. The van der Waals surface area contributed by atoms with Crippen LogP contribution >= 0.6 is 0 Å². The summed E-state index contributed by atoms with van der Waals surface area (Å²) in [5.74, 6) is 0.297. The molecular weight excluding hydrogens is 665 g/mol. The molecule has 2 aliphatic rings. The Bertz CT molecular complexity index is 3160. The molecule has 0 saturated heterocycles. The van der Waals surface area contributed by atoms with E-state index in [0.29, 0.717) is 0 Å². The number of para-hydroxylation sites is 1. The van der Waals surface area contributed by atoms with Crippen molar-refractivity contribution in [3.05, 3.63) is 228 Å². The van der Waals surface area contributed by atoms with E-state index in [1.807, 2.05) is 0 Å². The molecule has 0 amide bonds. The highest BCUT2D eigenvalue weighted by Crippen LogP contribution is 2.53. The Morgan fingerprint density at radius 2 is 0.891 bits per heavy atom. The van der Waals surface area contributed by atoms with Gasteiger partial charge in [0, 0.05) is 22.6 Å². The van der Waals surface area contributed by atoms with E-state index in [0.717, 1.165) is 16.6 Å². The van der Waals surface area contributed by atoms with Crippen molar-refractivity contribution in [3.63, 3.8) is 0 Å². The molecule has 0 spiro atoms. The molecule has 0 aliphatic heterocycles. The van der Waals surface area contributed by atoms with E-state index in [1.165, 1.54) is 94.0 Å². The second-order valence-electron chi connectivity index (χ2n) is 15.2. The van der Waals surface area contributed by atoms with Crippen LogP contribution in [0.2, 0.25) is 0 Å². The van der Waals surface area contributed by atoms with Gasteiger partial charge >= 0.3 is 0 Å². The second kappa shape index (κ2) is 11.8. The zero-order valence-electron chi connectivity index (χ0n) is 30.0. The van der Waals surface area contributed by atoms with E-state index in [4.69, 9.17) is 4.42 Å². The zero-order chi connectivity index (χ0) is 36.0. The summed E-state index contributed by atoms with van der Waals surface area (Å²) >= 11 is 0. The van der Waals surface area contributed by atoms with Gasteiger partial charge in [-0.1, -0.05) is 164 Å². The van der Waals surface area contributed by atoms with Crippen molar-refractivity contribution in [2.75, 3.05) is 0 Å². The largest absolute Gasteiger partial charge is 0.456 e. The summed E-state index contributed by atoms with van der Waals surface area (Å²) in [6, 6.07) is 71.7. The van der Waals surface area contributed by atoms with Crippen LogP contribution in [0, 0.1) is 0 Å². The number of hydrogen-bond acceptors (Lipinski definition) is 1. The molecule has 0 fully saturated rings. The Morgan fingerprint density at radius 1 is 0.291 bits per heavy atom. The molecule has 0 radical (unpaired) electrons. The molecule has 10 aromatic rings. The van der Waals surface area contributed by atoms with Crippen LogP contribution in [0.15, 0.2) is 199 Å². The monoisotopic (exact) mass is 698 g/mol. The molecule has 1 aromatic heterocycles. The van der Waals surface area contributed by atoms with Gasteiger partial charge in [-0.05, 0) is 119 Å². The van der Waals surface area contributed by atoms with E-state index < -0.39 is 0 Å². The minimum absolute atomic E-state index is 0.106. The summed E-state index contributed by atoms with van der Waals surface area (Å²) in [4.78, 5) is 0. The van der Waals surface area contributed by atoms with Crippen molar-refractivity contribution < 1.29 is 4.42 Å². The lowest BCUT2D eigenvalue weighted by Gasteiger charge is -2.17. The molecule has 55 heavy (non-hydrogen) atoms. The second-order valence-corrected chi connectivity index (χ2v) is 15.2. The van der Waals surface area contributed by atoms with Crippen molar-refractivity contribution in [1.29, 1.82) is 0 Å². The maximum Gasteiger partial charge on any atom is 0.136 e. The highest BCUT2D eigenvalue weighted by Gasteiger charge is 2.33. The van der Waals surface area contributed by atoms with E-state index in [2.05, 4.69) is 194 Å². The maximum absolute atomic E-state index is 6.48. The minimum Gasteiger partial charge on any atom is -0.456 e. The number of rotatable bonds is 4. The van der Waals surface area contributed by atoms with Crippen molar-refractivity contribution in [3.8, 4) is 44.5 Å². The van der Waals surface area contributed by atoms with Gasteiger partial charge in [-0.3, -0.25) is 0 Å². The quantitative estimate of drug-likeness (QED) is 0.178. The topological polar surface area (TPSA) is 13.1 Å². The first-order valence-corrected chi connectivity index (χ1v) is 19.2. The van der Waals surface area contributed by atoms with Crippen molar-refractivity contribution in [2.24, 2.45) is 0 Å². The Kier molecular flexibility index (Phi) is 6.53. The zero-order valence-corrected chi connectivity index (χ0v) is 30.0. The summed E-state index contributed by atoms with van der Waals surface area (Å²) < 4.78 is 6.48. The SMILES string of the molecule is c1ccc(-c2cccc(C3c4ccc(-c5ccc6c(c5)-c5ccccc5C6c5cccc6ccccc56)cc4-c4cc5oc6ccccc6c5cc43)c2)cc1. The smallest absolute Gasteiger partial charge is 0.136 e. The van der Waals surface area contributed by atoms with Crippen LogP contribution in [0.4, 0.5) is 0 Å². The average molecular weight is 699 g/mol. The Morgan fingerprint density at radius 3 is 1.76 bits per heavy atom. The first kappa shape index (κ1) is 30.5. The van der Waals surface area contributed by atoms with Gasteiger partial charge in [0.1, 0.15) is 11.2 Å². The van der Waals surface area contributed by atoms with E-state index in [1.54, 1.807) is 0 Å². The molecule has 0 saturated carbocycles. The van der Waals surface area contributed by atoms with E-state index in [9.17, 15) is 0 Å². The van der Waals surface area contributed by atoms with Crippen LogP contribution in [0.5, 0.6) is 0 Å². The van der Waals surface area contributed by atoms with E-state index >= 15 is 0 Å². The Balaban J connectivity index is 1.03. The van der Waals surface area contributed by atoms with Crippen molar-refractivity contribution in [1.82, 2.24) is 0 Å². The Labute approximate surface area is 319 Å². The van der Waals surface area contributed by atoms with Gasteiger partial charge in [0.2, 0.25) is 0 Å². The molecule has 1 heterocycles. The third-order valence-corrected chi connectivity index (χ3v) is 12.2. The molecule has 2 atom stereocenters. The summed E-state index contributed by atoms with van der Waals surface area (Å²) in [6.07, 6.45) is 0. The standard InChI is InChI=1S/C54H34O/c1-2-12-33(13-3-1)35-16-10-17-38(28-35)53-44-26-24-37(30-47(44)48-32-52-49(31-50(48)53)41-20-8-9-23-51(41)55-52)36-25-27-45-46(29-36)40-19-6-7-21-43(40)54(45)42-22-11-15-34-14-4-5-18-39(34)42/h1-32,53-54H. The Hall–Kier alpha value is -6.96. The highest BCUT2D eigenvalue weighted by molar-refractivity contribution is 6.07. The van der Waals surface area contributed by atoms with Crippen LogP contribution in [0.1, 0.15) is 45.2 Å². The lowest BCUT2D eigenvalue weighted by Crippen LogP contribution is -2.00. The molecule has 12 rings (SSSR count). The lowest BCUT2D eigenvalue weighted by atomic mass is 9.85. The number of furan rings is 1. The van der Waals surface area contributed by atoms with Crippen molar-refractivity contribution >= 4 is 32.7 Å². The fourth-order valence-electron chi connectivity index (χ4n) is 9.76. The van der Waals surface area contributed by atoms with E-state index in [-0.39, 0.29) is 11.8 Å². The molecule has 0 bridgehead atoms. The number of fused-ring (bicyclic) bond motifs is 10. The summed E-state index contributed by atoms with van der Waals surface area (Å²) in [7, 11) is 0. The molecular formula is C54H34O. The van der Waals surface area contributed by atoms with Gasteiger partial charge < -0.3 is 4.42 Å². The summed E-state index contributed by atoms with van der Waals surface area (Å²) in [5.41, 5.74) is 20.1. The van der Waals surface area contributed by atoms with Crippen LogP contribution in [-0.4, -0.2) is 0 Å². The third-order valence-electron chi connectivity index (χ3n) is 12.2. The molecule has 1 heteroatoms. The predicted molar refractivity (Wildman–Crippen MR) is 228 cm³/mol. The number of hydrogen-bond donors (Lipinski definition) is 0. The fourth-order valence-corrected chi connectivity index (χ4v) is 9.76. The molecule has 256 valence electrons. The fraction of sp³-hybridized carbons (Fsp3) is 0.0370. The molecule has 2 aliphatic carbocycles. The first-order chi connectivity index (χ1) is 27.3. The van der Waals surface area contributed by atoms with Crippen LogP contribution in [0.25, 0.3) is 77.2 Å². The minimum atomic E-state index is 0.106.